The van der Waals surface area contributed by atoms with E-state index in [0.29, 0.717) is 18.0 Å². The van der Waals surface area contributed by atoms with Crippen LogP contribution in [0.3, 0.4) is 0 Å². The van der Waals surface area contributed by atoms with Crippen LogP contribution in [0.4, 0.5) is 0 Å². The number of carbonyl (C=O) groups is 1. The number of nitrogens with zero attached hydrogens (tertiary/aromatic N) is 1. The molecule has 0 saturated heterocycles. The van der Waals surface area contributed by atoms with Crippen LogP contribution in [0.25, 0.3) is 0 Å². The van der Waals surface area contributed by atoms with Crippen molar-refractivity contribution in [3.05, 3.63) is 57.3 Å². The van der Waals surface area contributed by atoms with Crippen LogP contribution in [0.1, 0.15) is 26.4 Å². The Bertz CT molecular complexity index is 579. The Labute approximate surface area is 122 Å². The minimum atomic E-state index is 0.0276. The molecule has 0 N–H and O–H groups in total. The number of rotatable bonds is 4. The fourth-order valence-electron chi connectivity index (χ4n) is 1.86. The number of halogens is 1. The van der Waals surface area contributed by atoms with Crippen LogP contribution in [-0.4, -0.2) is 17.9 Å². The summed E-state index contributed by atoms with van der Waals surface area (Å²) in [6.45, 7) is 2.71. The van der Waals surface area contributed by atoms with E-state index in [1.165, 1.54) is 10.4 Å². The fraction of sp³-hybridized carbons (Fsp3) is 0.267. The second-order valence-electron chi connectivity index (χ2n) is 4.52. The maximum Gasteiger partial charge on any atom is 0.253 e. The number of aryl methyl sites for hydroxylation is 1. The third kappa shape index (κ3) is 3.37. The van der Waals surface area contributed by atoms with Gasteiger partial charge in [-0.25, -0.2) is 0 Å². The molecule has 0 radical (unpaired) electrons. The normalized spacial score (nSPS) is 10.5. The molecular weight excluding hydrogens is 278 g/mol. The van der Waals surface area contributed by atoms with Gasteiger partial charge in [-0.3, -0.25) is 4.79 Å². The lowest BCUT2D eigenvalue weighted by Gasteiger charge is -2.17. The van der Waals surface area contributed by atoms with Crippen molar-refractivity contribution in [3.8, 4) is 0 Å². The molecule has 0 saturated carbocycles. The molecule has 19 heavy (non-hydrogen) atoms. The summed E-state index contributed by atoms with van der Waals surface area (Å²) < 4.78 is 0. The molecule has 0 bridgehead atoms. The molecule has 1 heterocycles. The SMILES string of the molecule is Cc1ccsc1CN(C)C(=O)c1cccc(CCl)c1. The molecule has 0 spiro atoms. The second-order valence-corrected chi connectivity index (χ2v) is 5.79. The number of hydrogen-bond donors (Lipinski definition) is 0. The van der Waals surface area contributed by atoms with Crippen molar-refractivity contribution in [1.29, 1.82) is 0 Å². The first kappa shape index (κ1) is 14.1. The first-order chi connectivity index (χ1) is 9.11. The molecule has 2 aromatic rings. The average molecular weight is 294 g/mol. The molecule has 1 aromatic carbocycles. The lowest BCUT2D eigenvalue weighted by molar-refractivity contribution is 0.0786. The number of amides is 1. The van der Waals surface area contributed by atoms with E-state index in [2.05, 4.69) is 18.4 Å². The van der Waals surface area contributed by atoms with Gasteiger partial charge in [0.2, 0.25) is 0 Å². The molecule has 0 aliphatic heterocycles. The Balaban J connectivity index is 2.12. The van der Waals surface area contributed by atoms with Gasteiger partial charge in [0.05, 0.1) is 6.54 Å². The van der Waals surface area contributed by atoms with E-state index in [4.69, 9.17) is 11.6 Å². The van der Waals surface area contributed by atoms with Gasteiger partial charge in [-0.05, 0) is 41.6 Å². The quantitative estimate of drug-likeness (QED) is 0.778. The van der Waals surface area contributed by atoms with Gasteiger partial charge >= 0.3 is 0 Å². The summed E-state index contributed by atoms with van der Waals surface area (Å²) in [5.41, 5.74) is 2.89. The van der Waals surface area contributed by atoms with Crippen LogP contribution in [-0.2, 0) is 12.4 Å². The highest BCUT2D eigenvalue weighted by atomic mass is 35.5. The van der Waals surface area contributed by atoms with E-state index in [1.54, 1.807) is 16.2 Å². The first-order valence-corrected chi connectivity index (χ1v) is 7.46. The van der Waals surface area contributed by atoms with Crippen molar-refractivity contribution in [3.63, 3.8) is 0 Å². The first-order valence-electron chi connectivity index (χ1n) is 6.05. The van der Waals surface area contributed by atoms with Crippen LogP contribution < -0.4 is 0 Å². The van der Waals surface area contributed by atoms with Gasteiger partial charge in [0.1, 0.15) is 0 Å². The zero-order valence-electron chi connectivity index (χ0n) is 11.0. The van der Waals surface area contributed by atoms with Crippen molar-refractivity contribution in [1.82, 2.24) is 4.90 Å². The Morgan fingerprint density at radius 1 is 1.37 bits per heavy atom. The third-order valence-electron chi connectivity index (χ3n) is 3.02. The summed E-state index contributed by atoms with van der Waals surface area (Å²) in [5.74, 6) is 0.453. The summed E-state index contributed by atoms with van der Waals surface area (Å²) in [6.07, 6.45) is 0. The smallest absolute Gasteiger partial charge is 0.253 e. The molecule has 100 valence electrons. The van der Waals surface area contributed by atoms with Crippen LogP contribution >= 0.6 is 22.9 Å². The number of carbonyl (C=O) groups excluding carboxylic acids is 1. The van der Waals surface area contributed by atoms with Gasteiger partial charge in [0.15, 0.2) is 0 Å². The lowest BCUT2D eigenvalue weighted by atomic mass is 10.1. The highest BCUT2D eigenvalue weighted by molar-refractivity contribution is 7.10. The lowest BCUT2D eigenvalue weighted by Crippen LogP contribution is -2.26. The highest BCUT2D eigenvalue weighted by Gasteiger charge is 2.13. The maximum absolute atomic E-state index is 12.3. The number of thiophene rings is 1. The van der Waals surface area contributed by atoms with E-state index in [0.717, 1.165) is 5.56 Å². The number of benzene rings is 1. The topological polar surface area (TPSA) is 20.3 Å². The molecule has 0 atom stereocenters. The van der Waals surface area contributed by atoms with Gasteiger partial charge in [0.25, 0.3) is 5.91 Å². The average Bonchev–Trinajstić information content (AvgIpc) is 2.83. The Hall–Kier alpha value is -1.32. The summed E-state index contributed by atoms with van der Waals surface area (Å²) >= 11 is 7.48. The zero-order chi connectivity index (χ0) is 13.8. The predicted molar refractivity (Wildman–Crippen MR) is 80.9 cm³/mol. The molecule has 1 aromatic heterocycles. The molecule has 0 aliphatic rings. The van der Waals surface area contributed by atoms with E-state index >= 15 is 0 Å². The summed E-state index contributed by atoms with van der Waals surface area (Å²) in [4.78, 5) is 15.3. The van der Waals surface area contributed by atoms with Crippen molar-refractivity contribution in [2.24, 2.45) is 0 Å². The molecular formula is C15H16ClNOS. The largest absolute Gasteiger partial charge is 0.337 e. The van der Waals surface area contributed by atoms with Crippen molar-refractivity contribution in [2.45, 2.75) is 19.3 Å². The molecule has 0 aliphatic carbocycles. The van der Waals surface area contributed by atoms with Crippen LogP contribution in [0.2, 0.25) is 0 Å². The Morgan fingerprint density at radius 2 is 2.16 bits per heavy atom. The molecule has 0 unspecified atom stereocenters. The minimum Gasteiger partial charge on any atom is -0.337 e. The van der Waals surface area contributed by atoms with Gasteiger partial charge in [0, 0.05) is 23.4 Å². The fourth-order valence-corrected chi connectivity index (χ4v) is 2.99. The minimum absolute atomic E-state index is 0.0276. The molecule has 4 heteroatoms. The maximum atomic E-state index is 12.3. The van der Waals surface area contributed by atoms with E-state index < -0.39 is 0 Å². The number of alkyl halides is 1. The molecule has 0 fully saturated rings. The zero-order valence-corrected chi connectivity index (χ0v) is 12.6. The Morgan fingerprint density at radius 3 is 2.79 bits per heavy atom. The summed E-state index contributed by atoms with van der Waals surface area (Å²) in [6, 6.07) is 9.55. The van der Waals surface area contributed by atoms with Crippen molar-refractivity contribution in [2.75, 3.05) is 7.05 Å². The number of hydrogen-bond acceptors (Lipinski definition) is 2. The monoisotopic (exact) mass is 293 g/mol. The Kier molecular flexibility index (Phi) is 4.61. The van der Waals surface area contributed by atoms with E-state index in [1.807, 2.05) is 31.3 Å². The summed E-state index contributed by atoms with van der Waals surface area (Å²) in [7, 11) is 1.83. The molecule has 2 nitrogen and oxygen atoms in total. The molecule has 2 rings (SSSR count). The van der Waals surface area contributed by atoms with E-state index in [9.17, 15) is 4.79 Å². The second kappa shape index (κ2) is 6.22. The standard InChI is InChI=1S/C15H16ClNOS/c1-11-6-7-19-14(11)10-17(2)15(18)13-5-3-4-12(8-13)9-16/h3-8H,9-10H2,1-2H3. The van der Waals surface area contributed by atoms with Gasteiger partial charge in [-0.1, -0.05) is 12.1 Å². The van der Waals surface area contributed by atoms with Crippen LogP contribution in [0, 0.1) is 6.92 Å². The van der Waals surface area contributed by atoms with Gasteiger partial charge in [-0.15, -0.1) is 22.9 Å². The predicted octanol–water partition coefficient (Wildman–Crippen LogP) is 4.07. The third-order valence-corrected chi connectivity index (χ3v) is 4.34. The van der Waals surface area contributed by atoms with E-state index in [-0.39, 0.29) is 5.91 Å². The van der Waals surface area contributed by atoms with Crippen molar-refractivity contribution < 1.29 is 4.79 Å². The summed E-state index contributed by atoms with van der Waals surface area (Å²) in [5, 5.41) is 2.05. The van der Waals surface area contributed by atoms with Gasteiger partial charge < -0.3 is 4.90 Å². The van der Waals surface area contributed by atoms with Crippen LogP contribution in [0.5, 0.6) is 0 Å². The highest BCUT2D eigenvalue weighted by Crippen LogP contribution is 2.18. The van der Waals surface area contributed by atoms with Gasteiger partial charge in [-0.2, -0.15) is 0 Å². The molecule has 1 amide bonds. The van der Waals surface area contributed by atoms with Crippen LogP contribution in [0.15, 0.2) is 35.7 Å². The van der Waals surface area contributed by atoms with Crippen molar-refractivity contribution >= 4 is 28.8 Å².